The maximum Gasteiger partial charge on any atom is 0.228 e. The number of hydrogen-bond donors (Lipinski definition) is 0. The second kappa shape index (κ2) is 4.15. The molecular formula is C14H17NO2. The maximum atomic E-state index is 12.2. The summed E-state index contributed by atoms with van der Waals surface area (Å²) in [6.45, 7) is 2.77. The van der Waals surface area contributed by atoms with Gasteiger partial charge >= 0.3 is 0 Å². The SMILES string of the molecule is CC[C@@H]1C[C@H]2CO[C@H](c3ccccc3)N2C1=O. The second-order valence-corrected chi connectivity index (χ2v) is 4.84. The molecule has 2 heterocycles. The first-order valence-corrected chi connectivity index (χ1v) is 6.30. The molecule has 0 N–H and O–H groups in total. The van der Waals surface area contributed by atoms with Crippen molar-refractivity contribution in [3.63, 3.8) is 0 Å². The number of rotatable bonds is 2. The zero-order chi connectivity index (χ0) is 11.8. The molecule has 0 saturated carbocycles. The zero-order valence-corrected chi connectivity index (χ0v) is 10.0. The lowest BCUT2D eigenvalue weighted by atomic mass is 10.0. The van der Waals surface area contributed by atoms with Crippen molar-refractivity contribution in [1.29, 1.82) is 0 Å². The summed E-state index contributed by atoms with van der Waals surface area (Å²) < 4.78 is 5.77. The van der Waals surface area contributed by atoms with Gasteiger partial charge in [0.15, 0.2) is 6.23 Å². The summed E-state index contributed by atoms with van der Waals surface area (Å²) in [5.74, 6) is 0.471. The minimum Gasteiger partial charge on any atom is -0.352 e. The lowest BCUT2D eigenvalue weighted by molar-refractivity contribution is -0.137. The average Bonchev–Trinajstić information content (AvgIpc) is 2.91. The molecule has 1 amide bonds. The molecular weight excluding hydrogens is 214 g/mol. The molecule has 1 aromatic rings. The van der Waals surface area contributed by atoms with Crippen molar-refractivity contribution >= 4 is 5.91 Å². The third-order valence-electron chi connectivity index (χ3n) is 3.83. The Morgan fingerprint density at radius 3 is 2.82 bits per heavy atom. The summed E-state index contributed by atoms with van der Waals surface area (Å²) in [6, 6.07) is 10.3. The third kappa shape index (κ3) is 1.65. The van der Waals surface area contributed by atoms with E-state index in [1.807, 2.05) is 35.2 Å². The molecule has 0 aromatic heterocycles. The molecule has 2 aliphatic rings. The van der Waals surface area contributed by atoms with Gasteiger partial charge in [0.25, 0.3) is 0 Å². The molecule has 3 heteroatoms. The van der Waals surface area contributed by atoms with Gasteiger partial charge in [-0.05, 0) is 12.8 Å². The summed E-state index contributed by atoms with van der Waals surface area (Å²) in [5, 5.41) is 0. The highest BCUT2D eigenvalue weighted by atomic mass is 16.5. The maximum absolute atomic E-state index is 12.2. The lowest BCUT2D eigenvalue weighted by Gasteiger charge is -2.23. The number of benzene rings is 1. The highest BCUT2D eigenvalue weighted by Gasteiger charge is 2.47. The lowest BCUT2D eigenvalue weighted by Crippen LogP contribution is -2.32. The molecule has 90 valence electrons. The molecule has 0 spiro atoms. The molecule has 3 nitrogen and oxygen atoms in total. The Morgan fingerprint density at radius 1 is 1.35 bits per heavy atom. The summed E-state index contributed by atoms with van der Waals surface area (Å²) in [7, 11) is 0. The molecule has 3 atom stereocenters. The normalized spacial score (nSPS) is 31.9. The fraction of sp³-hybridized carbons (Fsp3) is 0.500. The quantitative estimate of drug-likeness (QED) is 0.782. The van der Waals surface area contributed by atoms with Gasteiger partial charge in [-0.3, -0.25) is 4.79 Å². The molecule has 0 bridgehead atoms. The Labute approximate surface area is 101 Å². The number of carbonyl (C=O) groups excluding carboxylic acids is 1. The van der Waals surface area contributed by atoms with Crippen LogP contribution in [0.2, 0.25) is 0 Å². The van der Waals surface area contributed by atoms with Crippen molar-refractivity contribution in [3.05, 3.63) is 35.9 Å². The fourth-order valence-corrected chi connectivity index (χ4v) is 2.89. The van der Waals surface area contributed by atoms with Crippen molar-refractivity contribution in [2.75, 3.05) is 6.61 Å². The van der Waals surface area contributed by atoms with Gasteiger partial charge in [-0.1, -0.05) is 37.3 Å². The van der Waals surface area contributed by atoms with Gasteiger partial charge in [0.2, 0.25) is 5.91 Å². The Hall–Kier alpha value is -1.35. The highest BCUT2D eigenvalue weighted by Crippen LogP contribution is 2.40. The van der Waals surface area contributed by atoms with Gasteiger partial charge in [0.1, 0.15) is 0 Å². The van der Waals surface area contributed by atoms with Gasteiger partial charge in [0.05, 0.1) is 12.6 Å². The van der Waals surface area contributed by atoms with E-state index < -0.39 is 0 Å². The van der Waals surface area contributed by atoms with Gasteiger partial charge in [0, 0.05) is 11.5 Å². The van der Waals surface area contributed by atoms with E-state index in [1.54, 1.807) is 0 Å². The Balaban J connectivity index is 1.87. The van der Waals surface area contributed by atoms with Gasteiger partial charge < -0.3 is 9.64 Å². The van der Waals surface area contributed by atoms with Crippen LogP contribution in [0.25, 0.3) is 0 Å². The molecule has 0 radical (unpaired) electrons. The van der Waals surface area contributed by atoms with Crippen molar-refractivity contribution in [2.24, 2.45) is 5.92 Å². The van der Waals surface area contributed by atoms with Crippen molar-refractivity contribution in [1.82, 2.24) is 4.90 Å². The molecule has 0 aliphatic carbocycles. The average molecular weight is 231 g/mol. The second-order valence-electron chi connectivity index (χ2n) is 4.84. The van der Waals surface area contributed by atoms with Crippen LogP contribution < -0.4 is 0 Å². The minimum absolute atomic E-state index is 0.162. The highest BCUT2D eigenvalue weighted by molar-refractivity contribution is 5.82. The number of carbonyl (C=O) groups is 1. The van der Waals surface area contributed by atoms with E-state index in [1.165, 1.54) is 0 Å². The van der Waals surface area contributed by atoms with Crippen LogP contribution in [0.3, 0.4) is 0 Å². The molecule has 17 heavy (non-hydrogen) atoms. The van der Waals surface area contributed by atoms with Crippen LogP contribution in [0.5, 0.6) is 0 Å². The Morgan fingerprint density at radius 2 is 2.12 bits per heavy atom. The minimum atomic E-state index is -0.162. The van der Waals surface area contributed by atoms with E-state index >= 15 is 0 Å². The molecule has 0 unspecified atom stereocenters. The van der Waals surface area contributed by atoms with Gasteiger partial charge in [-0.15, -0.1) is 0 Å². The van der Waals surface area contributed by atoms with Gasteiger partial charge in [-0.2, -0.15) is 0 Å². The first-order chi connectivity index (χ1) is 8.31. The van der Waals surface area contributed by atoms with E-state index in [-0.39, 0.29) is 24.1 Å². The van der Waals surface area contributed by atoms with Crippen LogP contribution in [0.4, 0.5) is 0 Å². The summed E-state index contributed by atoms with van der Waals surface area (Å²) in [5.41, 5.74) is 1.08. The van der Waals surface area contributed by atoms with E-state index in [9.17, 15) is 4.79 Å². The molecule has 2 aliphatic heterocycles. The number of ether oxygens (including phenoxy) is 1. The summed E-state index contributed by atoms with van der Waals surface area (Å²) >= 11 is 0. The van der Waals surface area contributed by atoms with Gasteiger partial charge in [-0.25, -0.2) is 0 Å². The van der Waals surface area contributed by atoms with E-state index in [0.717, 1.165) is 18.4 Å². The number of amides is 1. The van der Waals surface area contributed by atoms with Crippen LogP contribution >= 0.6 is 0 Å². The molecule has 1 aromatic carbocycles. The number of nitrogens with zero attached hydrogens (tertiary/aromatic N) is 1. The Kier molecular flexibility index (Phi) is 2.63. The zero-order valence-electron chi connectivity index (χ0n) is 10.0. The van der Waals surface area contributed by atoms with Crippen molar-refractivity contribution in [2.45, 2.75) is 32.0 Å². The predicted octanol–water partition coefficient (Wildman–Crippen LogP) is 2.34. The smallest absolute Gasteiger partial charge is 0.228 e. The predicted molar refractivity (Wildman–Crippen MR) is 64.2 cm³/mol. The van der Waals surface area contributed by atoms with E-state index in [0.29, 0.717) is 6.61 Å². The number of fused-ring (bicyclic) bond motifs is 1. The van der Waals surface area contributed by atoms with Crippen LogP contribution in [0, 0.1) is 5.92 Å². The monoisotopic (exact) mass is 231 g/mol. The van der Waals surface area contributed by atoms with Crippen LogP contribution in [-0.4, -0.2) is 23.5 Å². The molecule has 2 fully saturated rings. The van der Waals surface area contributed by atoms with E-state index in [4.69, 9.17) is 4.74 Å². The topological polar surface area (TPSA) is 29.5 Å². The Bertz CT molecular complexity index is 417. The third-order valence-corrected chi connectivity index (χ3v) is 3.83. The first-order valence-electron chi connectivity index (χ1n) is 6.30. The van der Waals surface area contributed by atoms with Crippen LogP contribution in [0.15, 0.2) is 30.3 Å². The van der Waals surface area contributed by atoms with Crippen LogP contribution in [-0.2, 0) is 9.53 Å². The fourth-order valence-electron chi connectivity index (χ4n) is 2.89. The largest absolute Gasteiger partial charge is 0.352 e. The van der Waals surface area contributed by atoms with E-state index in [2.05, 4.69) is 6.92 Å². The van der Waals surface area contributed by atoms with Crippen molar-refractivity contribution in [3.8, 4) is 0 Å². The summed E-state index contributed by atoms with van der Waals surface area (Å²) in [6.07, 6.45) is 1.73. The first kappa shape index (κ1) is 10.8. The summed E-state index contributed by atoms with van der Waals surface area (Å²) in [4.78, 5) is 14.2. The standard InChI is InChI=1S/C14H17NO2/c1-2-10-8-12-9-17-14(15(12)13(10)16)11-6-4-3-5-7-11/h3-7,10,12,14H,2,8-9H2,1H3/t10-,12+,14-/m1/s1. The number of hydrogen-bond acceptors (Lipinski definition) is 2. The molecule has 2 saturated heterocycles. The molecule has 3 rings (SSSR count). The van der Waals surface area contributed by atoms with Crippen molar-refractivity contribution < 1.29 is 9.53 Å². The van der Waals surface area contributed by atoms with Crippen LogP contribution in [0.1, 0.15) is 31.6 Å².